The molecule has 0 aromatic carbocycles. The van der Waals surface area contributed by atoms with Crippen molar-refractivity contribution >= 4 is 5.91 Å². The van der Waals surface area contributed by atoms with Crippen LogP contribution in [0.3, 0.4) is 0 Å². The summed E-state index contributed by atoms with van der Waals surface area (Å²) in [7, 11) is 0. The normalized spacial score (nSPS) is 26.7. The number of amides is 1. The molecule has 106 valence electrons. The second-order valence-corrected chi connectivity index (χ2v) is 6.48. The molecule has 1 aliphatic rings. The lowest BCUT2D eigenvalue weighted by Gasteiger charge is -2.29. The first kappa shape index (κ1) is 15.4. The maximum absolute atomic E-state index is 11.9. The number of aliphatic hydroxyl groups is 1. The SMILES string of the molecule is CC(NCC1CCCCC1O)C(=O)NC(C)(C)C. The van der Waals surface area contributed by atoms with Gasteiger partial charge in [0.15, 0.2) is 0 Å². The largest absolute Gasteiger partial charge is 0.393 e. The zero-order chi connectivity index (χ0) is 13.8. The van der Waals surface area contributed by atoms with Gasteiger partial charge in [0.2, 0.25) is 5.91 Å². The summed E-state index contributed by atoms with van der Waals surface area (Å²) in [6.07, 6.45) is 4.06. The van der Waals surface area contributed by atoms with Gasteiger partial charge in [-0.3, -0.25) is 4.79 Å². The molecule has 3 N–H and O–H groups in total. The highest BCUT2D eigenvalue weighted by atomic mass is 16.3. The van der Waals surface area contributed by atoms with Crippen LogP contribution in [0.25, 0.3) is 0 Å². The molecule has 1 amide bonds. The molecular weight excluding hydrogens is 228 g/mol. The number of carbonyl (C=O) groups excluding carboxylic acids is 1. The van der Waals surface area contributed by atoms with Crippen molar-refractivity contribution in [1.82, 2.24) is 10.6 Å². The van der Waals surface area contributed by atoms with Gasteiger partial charge in [-0.15, -0.1) is 0 Å². The van der Waals surface area contributed by atoms with Crippen molar-refractivity contribution in [3.05, 3.63) is 0 Å². The summed E-state index contributed by atoms with van der Waals surface area (Å²) in [5, 5.41) is 16.1. The van der Waals surface area contributed by atoms with E-state index in [0.717, 1.165) is 25.8 Å². The zero-order valence-corrected chi connectivity index (χ0v) is 12.1. The molecule has 0 radical (unpaired) electrons. The van der Waals surface area contributed by atoms with Crippen LogP contribution in [0.5, 0.6) is 0 Å². The van der Waals surface area contributed by atoms with Crippen molar-refractivity contribution in [2.75, 3.05) is 6.54 Å². The van der Waals surface area contributed by atoms with Crippen LogP contribution in [0.2, 0.25) is 0 Å². The number of aliphatic hydroxyl groups excluding tert-OH is 1. The van der Waals surface area contributed by atoms with Crippen LogP contribution < -0.4 is 10.6 Å². The quantitative estimate of drug-likeness (QED) is 0.713. The van der Waals surface area contributed by atoms with E-state index in [-0.39, 0.29) is 23.6 Å². The fourth-order valence-electron chi connectivity index (χ4n) is 2.32. The lowest BCUT2D eigenvalue weighted by Crippen LogP contribution is -2.51. The molecule has 3 atom stereocenters. The maximum atomic E-state index is 11.9. The Morgan fingerprint density at radius 3 is 2.50 bits per heavy atom. The molecule has 0 spiro atoms. The lowest BCUT2D eigenvalue weighted by molar-refractivity contribution is -0.124. The Labute approximate surface area is 111 Å². The molecule has 18 heavy (non-hydrogen) atoms. The van der Waals surface area contributed by atoms with E-state index < -0.39 is 0 Å². The average Bonchev–Trinajstić information content (AvgIpc) is 2.25. The van der Waals surface area contributed by atoms with Gasteiger partial charge in [0, 0.05) is 12.1 Å². The van der Waals surface area contributed by atoms with E-state index >= 15 is 0 Å². The fourth-order valence-corrected chi connectivity index (χ4v) is 2.32. The molecule has 4 nitrogen and oxygen atoms in total. The number of rotatable bonds is 4. The Balaban J connectivity index is 2.31. The summed E-state index contributed by atoms with van der Waals surface area (Å²) in [6, 6.07) is -0.210. The molecule has 0 saturated heterocycles. The Kier molecular flexibility index (Phi) is 5.60. The first-order valence-electron chi connectivity index (χ1n) is 7.03. The standard InChI is InChI=1S/C14H28N2O2/c1-10(13(18)16-14(2,3)4)15-9-11-7-5-6-8-12(11)17/h10-12,15,17H,5-9H2,1-4H3,(H,16,18). The average molecular weight is 256 g/mol. The van der Waals surface area contributed by atoms with Gasteiger partial charge in [0.05, 0.1) is 12.1 Å². The Morgan fingerprint density at radius 1 is 1.33 bits per heavy atom. The number of hydrogen-bond acceptors (Lipinski definition) is 3. The van der Waals surface area contributed by atoms with E-state index in [1.165, 1.54) is 6.42 Å². The van der Waals surface area contributed by atoms with Gasteiger partial charge in [0.25, 0.3) is 0 Å². The van der Waals surface area contributed by atoms with Gasteiger partial charge in [-0.05, 0) is 46.5 Å². The maximum Gasteiger partial charge on any atom is 0.237 e. The van der Waals surface area contributed by atoms with Crippen LogP contribution in [-0.4, -0.2) is 35.2 Å². The molecule has 0 aromatic rings. The van der Waals surface area contributed by atoms with Crippen molar-refractivity contribution in [2.45, 2.75) is 71.1 Å². The predicted octanol–water partition coefficient (Wildman–Crippen LogP) is 1.43. The summed E-state index contributed by atoms with van der Waals surface area (Å²) in [4.78, 5) is 11.9. The molecule has 0 bridgehead atoms. The topological polar surface area (TPSA) is 61.4 Å². The van der Waals surface area contributed by atoms with E-state index in [4.69, 9.17) is 0 Å². The van der Waals surface area contributed by atoms with E-state index in [2.05, 4.69) is 10.6 Å². The first-order chi connectivity index (χ1) is 8.29. The van der Waals surface area contributed by atoms with Crippen molar-refractivity contribution in [3.8, 4) is 0 Å². The first-order valence-corrected chi connectivity index (χ1v) is 7.03. The Bertz CT molecular complexity index is 273. The minimum absolute atomic E-state index is 0.0211. The molecule has 0 aromatic heterocycles. The van der Waals surface area contributed by atoms with Gasteiger partial charge in [0.1, 0.15) is 0 Å². The minimum atomic E-state index is -0.210. The second-order valence-electron chi connectivity index (χ2n) is 6.48. The van der Waals surface area contributed by atoms with E-state index in [1.807, 2.05) is 27.7 Å². The van der Waals surface area contributed by atoms with E-state index in [0.29, 0.717) is 5.92 Å². The molecule has 0 heterocycles. The molecule has 1 fully saturated rings. The molecule has 0 aliphatic heterocycles. The van der Waals surface area contributed by atoms with Crippen LogP contribution in [0.1, 0.15) is 53.4 Å². The summed E-state index contributed by atoms with van der Waals surface area (Å²) in [5.41, 5.74) is -0.197. The van der Waals surface area contributed by atoms with E-state index in [1.54, 1.807) is 0 Å². The van der Waals surface area contributed by atoms with Gasteiger partial charge in [-0.1, -0.05) is 12.8 Å². The molecule has 4 heteroatoms. The summed E-state index contributed by atoms with van der Waals surface area (Å²) < 4.78 is 0. The van der Waals surface area contributed by atoms with Crippen molar-refractivity contribution in [2.24, 2.45) is 5.92 Å². The lowest BCUT2D eigenvalue weighted by atomic mass is 9.86. The molecule has 3 unspecified atom stereocenters. The molecule has 1 saturated carbocycles. The van der Waals surface area contributed by atoms with Gasteiger partial charge < -0.3 is 15.7 Å². The minimum Gasteiger partial charge on any atom is -0.393 e. The van der Waals surface area contributed by atoms with Crippen molar-refractivity contribution < 1.29 is 9.90 Å². The third-order valence-electron chi connectivity index (χ3n) is 3.45. The molecule has 1 aliphatic carbocycles. The van der Waals surface area contributed by atoms with Crippen LogP contribution in [-0.2, 0) is 4.79 Å². The smallest absolute Gasteiger partial charge is 0.237 e. The highest BCUT2D eigenvalue weighted by molar-refractivity contribution is 5.81. The fraction of sp³-hybridized carbons (Fsp3) is 0.929. The number of nitrogens with one attached hydrogen (secondary N) is 2. The Hall–Kier alpha value is -0.610. The molecule has 1 rings (SSSR count). The zero-order valence-electron chi connectivity index (χ0n) is 12.1. The van der Waals surface area contributed by atoms with Crippen LogP contribution >= 0.6 is 0 Å². The van der Waals surface area contributed by atoms with Crippen LogP contribution in [0.15, 0.2) is 0 Å². The number of carbonyl (C=O) groups is 1. The summed E-state index contributed by atoms with van der Waals surface area (Å²) >= 11 is 0. The van der Waals surface area contributed by atoms with Crippen molar-refractivity contribution in [3.63, 3.8) is 0 Å². The Morgan fingerprint density at radius 2 is 1.94 bits per heavy atom. The highest BCUT2D eigenvalue weighted by Crippen LogP contribution is 2.23. The predicted molar refractivity (Wildman–Crippen MR) is 73.3 cm³/mol. The van der Waals surface area contributed by atoms with Gasteiger partial charge in [-0.2, -0.15) is 0 Å². The summed E-state index contributed by atoms with van der Waals surface area (Å²) in [5.74, 6) is 0.316. The number of hydrogen-bond donors (Lipinski definition) is 3. The van der Waals surface area contributed by atoms with Crippen LogP contribution in [0, 0.1) is 5.92 Å². The summed E-state index contributed by atoms with van der Waals surface area (Å²) in [6.45, 7) is 8.52. The third kappa shape index (κ3) is 5.36. The second kappa shape index (κ2) is 6.53. The highest BCUT2D eigenvalue weighted by Gasteiger charge is 2.25. The third-order valence-corrected chi connectivity index (χ3v) is 3.45. The van der Waals surface area contributed by atoms with E-state index in [9.17, 15) is 9.90 Å². The monoisotopic (exact) mass is 256 g/mol. The van der Waals surface area contributed by atoms with Gasteiger partial charge in [-0.25, -0.2) is 0 Å². The van der Waals surface area contributed by atoms with Gasteiger partial charge >= 0.3 is 0 Å². The van der Waals surface area contributed by atoms with Crippen LogP contribution in [0.4, 0.5) is 0 Å². The van der Waals surface area contributed by atoms with Crippen molar-refractivity contribution in [1.29, 1.82) is 0 Å². The molecular formula is C14H28N2O2.